The zero-order valence-corrected chi connectivity index (χ0v) is 12.1. The van der Waals surface area contributed by atoms with Gasteiger partial charge in [-0.05, 0) is 43.7 Å². The van der Waals surface area contributed by atoms with Crippen molar-refractivity contribution < 1.29 is 19.2 Å². The first-order valence-electron chi connectivity index (χ1n) is 6.33. The zero-order chi connectivity index (χ0) is 15.9. The number of hydrogen-bond donors (Lipinski definition) is 0. The predicted molar refractivity (Wildman–Crippen MR) is 73.2 cm³/mol. The molecule has 0 bridgehead atoms. The Morgan fingerprint density at radius 2 is 2.10 bits per heavy atom. The highest BCUT2D eigenvalue weighted by Crippen LogP contribution is 2.38. The average molecular weight is 293 g/mol. The number of carbonyl (C=O) groups is 2. The largest absolute Gasteiger partial charge is 0.472 e. The Kier molecular flexibility index (Phi) is 3.40. The van der Waals surface area contributed by atoms with Crippen molar-refractivity contribution in [3.63, 3.8) is 0 Å². The standard InChI is InChI=1S/C13H15N3O5/c1-7(8(2)17)15-11-9(21-13(3,4)12(15)18)5-6-10(14-11)16(19)20/h5-7H,1-4H3. The minimum absolute atomic E-state index is 0.00350. The van der Waals surface area contributed by atoms with Crippen LogP contribution >= 0.6 is 0 Å². The number of Topliss-reactive ketones (excluding diaryl/α,β-unsaturated/α-hetero) is 1. The van der Waals surface area contributed by atoms with Crippen LogP contribution in [-0.2, 0) is 9.59 Å². The van der Waals surface area contributed by atoms with Gasteiger partial charge in [-0.2, -0.15) is 0 Å². The van der Waals surface area contributed by atoms with E-state index in [4.69, 9.17) is 4.74 Å². The second-order valence-corrected chi connectivity index (χ2v) is 5.32. The molecule has 0 radical (unpaired) electrons. The molecule has 1 atom stereocenters. The third-order valence-electron chi connectivity index (χ3n) is 3.31. The fraction of sp³-hybridized carbons (Fsp3) is 0.462. The van der Waals surface area contributed by atoms with Crippen molar-refractivity contribution in [1.82, 2.24) is 4.98 Å². The maximum absolute atomic E-state index is 12.5. The topological polar surface area (TPSA) is 103 Å². The summed E-state index contributed by atoms with van der Waals surface area (Å²) in [5.74, 6) is -0.897. The van der Waals surface area contributed by atoms with E-state index in [1.54, 1.807) is 20.8 Å². The van der Waals surface area contributed by atoms with Crippen molar-refractivity contribution in [1.29, 1.82) is 0 Å². The second-order valence-electron chi connectivity index (χ2n) is 5.32. The summed E-state index contributed by atoms with van der Waals surface area (Å²) >= 11 is 0. The van der Waals surface area contributed by atoms with Crippen molar-refractivity contribution in [2.45, 2.75) is 39.3 Å². The Bertz CT molecular complexity index is 641. The van der Waals surface area contributed by atoms with Crippen LogP contribution in [-0.4, -0.2) is 33.2 Å². The van der Waals surface area contributed by atoms with Gasteiger partial charge < -0.3 is 14.9 Å². The first kappa shape index (κ1) is 14.9. The van der Waals surface area contributed by atoms with Gasteiger partial charge in [0.1, 0.15) is 0 Å². The Morgan fingerprint density at radius 3 is 2.62 bits per heavy atom. The molecule has 0 aromatic carbocycles. The van der Waals surface area contributed by atoms with Crippen LogP contribution < -0.4 is 9.64 Å². The lowest BCUT2D eigenvalue weighted by molar-refractivity contribution is -0.389. The number of fused-ring (bicyclic) bond motifs is 1. The number of amides is 1. The molecule has 2 heterocycles. The van der Waals surface area contributed by atoms with Gasteiger partial charge in [0.15, 0.2) is 17.1 Å². The van der Waals surface area contributed by atoms with Crippen LogP contribution in [0.1, 0.15) is 27.7 Å². The van der Waals surface area contributed by atoms with Crippen LogP contribution in [0.4, 0.5) is 11.6 Å². The highest BCUT2D eigenvalue weighted by molar-refractivity contribution is 6.06. The molecule has 0 aliphatic carbocycles. The molecule has 1 amide bonds. The van der Waals surface area contributed by atoms with E-state index >= 15 is 0 Å². The van der Waals surface area contributed by atoms with E-state index in [-0.39, 0.29) is 17.4 Å². The summed E-state index contributed by atoms with van der Waals surface area (Å²) in [4.78, 5) is 39.3. The van der Waals surface area contributed by atoms with E-state index in [1.165, 1.54) is 19.1 Å². The maximum atomic E-state index is 12.5. The van der Waals surface area contributed by atoms with E-state index in [1.807, 2.05) is 0 Å². The Labute approximate surface area is 120 Å². The summed E-state index contributed by atoms with van der Waals surface area (Å²) in [6, 6.07) is 1.80. The molecule has 0 saturated heterocycles. The molecular weight excluding hydrogens is 278 g/mol. The van der Waals surface area contributed by atoms with E-state index in [9.17, 15) is 19.7 Å². The number of anilines is 1. The van der Waals surface area contributed by atoms with Gasteiger partial charge in [-0.3, -0.25) is 14.5 Å². The number of aromatic nitrogens is 1. The molecule has 21 heavy (non-hydrogen) atoms. The SMILES string of the molecule is CC(=O)C(C)N1C(=O)C(C)(C)Oc2ccc([N+](=O)[O-])nc21. The van der Waals surface area contributed by atoms with Crippen molar-refractivity contribution in [3.05, 3.63) is 22.2 Å². The third-order valence-corrected chi connectivity index (χ3v) is 3.31. The van der Waals surface area contributed by atoms with Crippen LogP contribution in [0.5, 0.6) is 5.75 Å². The number of ether oxygens (including phenoxy) is 1. The van der Waals surface area contributed by atoms with Gasteiger partial charge in [0.2, 0.25) is 0 Å². The third kappa shape index (κ3) is 2.44. The lowest BCUT2D eigenvalue weighted by Gasteiger charge is -2.37. The summed E-state index contributed by atoms with van der Waals surface area (Å²) < 4.78 is 5.54. The van der Waals surface area contributed by atoms with Crippen LogP contribution in [0.3, 0.4) is 0 Å². The summed E-state index contributed by atoms with van der Waals surface area (Å²) in [5, 5.41) is 10.8. The van der Waals surface area contributed by atoms with Gasteiger partial charge in [-0.1, -0.05) is 0 Å². The van der Waals surface area contributed by atoms with Crippen LogP contribution in [0, 0.1) is 10.1 Å². The normalized spacial score (nSPS) is 17.7. The summed E-state index contributed by atoms with van der Waals surface area (Å²) in [6.45, 7) is 6.03. The fourth-order valence-electron chi connectivity index (χ4n) is 2.03. The second kappa shape index (κ2) is 4.80. The number of nitrogens with zero attached hydrogens (tertiary/aromatic N) is 3. The number of nitro groups is 1. The van der Waals surface area contributed by atoms with Crippen molar-refractivity contribution in [3.8, 4) is 5.75 Å². The Morgan fingerprint density at radius 1 is 1.48 bits per heavy atom. The van der Waals surface area contributed by atoms with Crippen LogP contribution in [0.25, 0.3) is 0 Å². The van der Waals surface area contributed by atoms with Gasteiger partial charge in [0.25, 0.3) is 11.7 Å². The molecule has 1 aromatic rings. The number of carbonyl (C=O) groups excluding carboxylic acids is 2. The molecule has 1 unspecified atom stereocenters. The molecule has 1 aromatic heterocycles. The van der Waals surface area contributed by atoms with Gasteiger partial charge in [0, 0.05) is 6.07 Å². The van der Waals surface area contributed by atoms with E-state index in [2.05, 4.69) is 4.98 Å². The molecule has 0 N–H and O–H groups in total. The van der Waals surface area contributed by atoms with Gasteiger partial charge in [-0.15, -0.1) is 0 Å². The molecule has 112 valence electrons. The number of hydrogen-bond acceptors (Lipinski definition) is 6. The van der Waals surface area contributed by atoms with Crippen molar-refractivity contribution in [2.75, 3.05) is 4.90 Å². The van der Waals surface area contributed by atoms with Crippen LogP contribution in [0.15, 0.2) is 12.1 Å². The average Bonchev–Trinajstić information content (AvgIpc) is 2.38. The van der Waals surface area contributed by atoms with Crippen LogP contribution in [0.2, 0.25) is 0 Å². The van der Waals surface area contributed by atoms with E-state index in [0.29, 0.717) is 0 Å². The maximum Gasteiger partial charge on any atom is 0.366 e. The molecule has 0 fully saturated rings. The van der Waals surface area contributed by atoms with E-state index < -0.39 is 28.3 Å². The van der Waals surface area contributed by atoms with Crippen molar-refractivity contribution >= 4 is 23.3 Å². The minimum atomic E-state index is -1.17. The minimum Gasteiger partial charge on any atom is -0.472 e. The quantitative estimate of drug-likeness (QED) is 0.617. The lowest BCUT2D eigenvalue weighted by Crippen LogP contribution is -2.57. The first-order chi connectivity index (χ1) is 9.65. The molecule has 0 saturated carbocycles. The summed E-state index contributed by atoms with van der Waals surface area (Å²) in [6.07, 6.45) is 0. The fourth-order valence-corrected chi connectivity index (χ4v) is 2.03. The molecule has 2 rings (SSSR count). The predicted octanol–water partition coefficient (Wildman–Crippen LogP) is 1.47. The molecule has 8 heteroatoms. The number of pyridine rings is 1. The number of rotatable bonds is 3. The van der Waals surface area contributed by atoms with Gasteiger partial charge >= 0.3 is 5.82 Å². The Balaban J connectivity index is 2.63. The van der Waals surface area contributed by atoms with Gasteiger partial charge in [0.05, 0.1) is 6.04 Å². The molecular formula is C13H15N3O5. The lowest BCUT2D eigenvalue weighted by atomic mass is 10.0. The first-order valence-corrected chi connectivity index (χ1v) is 6.33. The zero-order valence-electron chi connectivity index (χ0n) is 12.1. The van der Waals surface area contributed by atoms with Gasteiger partial charge in [-0.25, -0.2) is 0 Å². The smallest absolute Gasteiger partial charge is 0.366 e. The highest BCUT2D eigenvalue weighted by Gasteiger charge is 2.47. The molecule has 0 spiro atoms. The molecule has 8 nitrogen and oxygen atoms in total. The monoisotopic (exact) mass is 293 g/mol. The van der Waals surface area contributed by atoms with Crippen molar-refractivity contribution in [2.24, 2.45) is 0 Å². The number of ketones is 1. The summed E-state index contributed by atoms with van der Waals surface area (Å²) in [5.41, 5.74) is -1.17. The Hall–Kier alpha value is -2.51. The van der Waals surface area contributed by atoms with E-state index in [0.717, 1.165) is 4.90 Å². The summed E-state index contributed by atoms with van der Waals surface area (Å²) in [7, 11) is 0. The molecule has 1 aliphatic rings. The highest BCUT2D eigenvalue weighted by atomic mass is 16.6. The molecule has 1 aliphatic heterocycles.